The number of hydrogen-bond acceptors (Lipinski definition) is 5. The standard InChI is InChI=1S/C17H22N2O5S/c20-15-12-14(16(21)22)17(18-15)6-8-19(9-7-17)10-11-25(23,24)13-4-2-1-3-5-13/h1-5,14H,6-12H2,(H,18,20)(H,21,22). The maximum absolute atomic E-state index is 12.3. The highest BCUT2D eigenvalue weighted by atomic mass is 32.2. The van der Waals surface area contributed by atoms with Crippen LogP contribution in [0, 0.1) is 5.92 Å². The van der Waals surface area contributed by atoms with Gasteiger partial charge in [-0.3, -0.25) is 9.59 Å². The second-order valence-electron chi connectivity index (χ2n) is 6.77. The molecule has 1 atom stereocenters. The molecule has 1 unspecified atom stereocenters. The molecule has 136 valence electrons. The molecule has 2 fully saturated rings. The minimum Gasteiger partial charge on any atom is -0.481 e. The van der Waals surface area contributed by atoms with Gasteiger partial charge in [0.05, 0.1) is 22.1 Å². The van der Waals surface area contributed by atoms with Crippen LogP contribution in [0.4, 0.5) is 0 Å². The van der Waals surface area contributed by atoms with Crippen LogP contribution in [0.1, 0.15) is 19.3 Å². The maximum atomic E-state index is 12.3. The fraction of sp³-hybridized carbons (Fsp3) is 0.529. The van der Waals surface area contributed by atoms with Crippen molar-refractivity contribution >= 4 is 21.7 Å². The number of carbonyl (C=O) groups excluding carboxylic acids is 1. The molecular formula is C17H22N2O5S. The fourth-order valence-corrected chi connectivity index (χ4v) is 5.07. The normalized spacial score (nSPS) is 23.5. The van der Waals surface area contributed by atoms with Gasteiger partial charge in [0.2, 0.25) is 5.91 Å². The molecule has 2 N–H and O–H groups in total. The van der Waals surface area contributed by atoms with E-state index in [1.165, 1.54) is 0 Å². The number of likely N-dealkylation sites (tertiary alicyclic amines) is 1. The van der Waals surface area contributed by atoms with Gasteiger partial charge >= 0.3 is 5.97 Å². The van der Waals surface area contributed by atoms with Crippen molar-refractivity contribution in [2.24, 2.45) is 5.92 Å². The van der Waals surface area contributed by atoms with Gasteiger partial charge in [0.25, 0.3) is 0 Å². The van der Waals surface area contributed by atoms with Crippen molar-refractivity contribution < 1.29 is 23.1 Å². The van der Waals surface area contributed by atoms with Crippen molar-refractivity contribution in [2.75, 3.05) is 25.4 Å². The van der Waals surface area contributed by atoms with E-state index < -0.39 is 27.3 Å². The number of carboxylic acids is 1. The first-order valence-corrected chi connectivity index (χ1v) is 10.0. The quantitative estimate of drug-likeness (QED) is 0.787. The average Bonchev–Trinajstić information content (AvgIpc) is 2.91. The van der Waals surface area contributed by atoms with E-state index in [-0.39, 0.29) is 18.1 Å². The molecule has 2 saturated heterocycles. The second-order valence-corrected chi connectivity index (χ2v) is 8.88. The lowest BCUT2D eigenvalue weighted by atomic mass is 9.78. The first kappa shape index (κ1) is 17.9. The minimum absolute atomic E-state index is 0.0255. The number of carboxylic acid groups (broad SMARTS) is 1. The molecule has 0 bridgehead atoms. The summed E-state index contributed by atoms with van der Waals surface area (Å²) in [5, 5.41) is 12.2. The highest BCUT2D eigenvalue weighted by Crippen LogP contribution is 2.36. The monoisotopic (exact) mass is 366 g/mol. The number of rotatable bonds is 5. The number of nitrogens with one attached hydrogen (secondary N) is 1. The molecule has 1 spiro atoms. The van der Waals surface area contributed by atoms with E-state index in [9.17, 15) is 23.1 Å². The number of benzene rings is 1. The summed E-state index contributed by atoms with van der Waals surface area (Å²) in [6.07, 6.45) is 1.08. The Labute approximate surface area is 146 Å². The smallest absolute Gasteiger partial charge is 0.309 e. The Morgan fingerprint density at radius 2 is 1.88 bits per heavy atom. The zero-order chi connectivity index (χ0) is 18.1. The van der Waals surface area contributed by atoms with Crippen LogP contribution < -0.4 is 5.32 Å². The Balaban J connectivity index is 1.58. The van der Waals surface area contributed by atoms with Gasteiger partial charge in [0.1, 0.15) is 0 Å². The van der Waals surface area contributed by atoms with Crippen molar-refractivity contribution in [1.29, 1.82) is 0 Å². The van der Waals surface area contributed by atoms with Crippen LogP contribution in [0.25, 0.3) is 0 Å². The van der Waals surface area contributed by atoms with Gasteiger partial charge < -0.3 is 15.3 Å². The molecule has 3 rings (SSSR count). The van der Waals surface area contributed by atoms with E-state index in [0.717, 1.165) is 0 Å². The molecule has 1 aromatic rings. The molecular weight excluding hydrogens is 344 g/mol. The molecule has 0 radical (unpaired) electrons. The zero-order valence-electron chi connectivity index (χ0n) is 13.8. The highest BCUT2D eigenvalue weighted by Gasteiger charge is 2.51. The van der Waals surface area contributed by atoms with Crippen LogP contribution in [0.3, 0.4) is 0 Å². The molecule has 25 heavy (non-hydrogen) atoms. The van der Waals surface area contributed by atoms with Crippen LogP contribution >= 0.6 is 0 Å². The van der Waals surface area contributed by atoms with E-state index in [2.05, 4.69) is 5.32 Å². The number of hydrogen-bond donors (Lipinski definition) is 2. The predicted molar refractivity (Wildman–Crippen MR) is 90.8 cm³/mol. The molecule has 0 saturated carbocycles. The lowest BCUT2D eigenvalue weighted by Gasteiger charge is -2.41. The van der Waals surface area contributed by atoms with Crippen LogP contribution in [-0.4, -0.2) is 61.2 Å². The second kappa shape index (κ2) is 6.76. The SMILES string of the molecule is O=C1CC(C(=O)O)C2(CCN(CCS(=O)(=O)c3ccccc3)CC2)N1. The first-order chi connectivity index (χ1) is 11.8. The third-order valence-electron chi connectivity index (χ3n) is 5.27. The van der Waals surface area contributed by atoms with Gasteiger partial charge in [0, 0.05) is 26.1 Å². The van der Waals surface area contributed by atoms with Gasteiger partial charge in [-0.25, -0.2) is 8.42 Å². The highest BCUT2D eigenvalue weighted by molar-refractivity contribution is 7.91. The zero-order valence-corrected chi connectivity index (χ0v) is 14.7. The molecule has 1 aromatic carbocycles. The summed E-state index contributed by atoms with van der Waals surface area (Å²) >= 11 is 0. The molecule has 1 amide bonds. The number of amides is 1. The van der Waals surface area contributed by atoms with Crippen molar-refractivity contribution in [3.05, 3.63) is 30.3 Å². The van der Waals surface area contributed by atoms with E-state index in [1.807, 2.05) is 4.90 Å². The maximum Gasteiger partial charge on any atom is 0.309 e. The predicted octanol–water partition coefficient (Wildman–Crippen LogP) is 0.516. The van der Waals surface area contributed by atoms with Crippen molar-refractivity contribution in [1.82, 2.24) is 10.2 Å². The Morgan fingerprint density at radius 1 is 1.24 bits per heavy atom. The van der Waals surface area contributed by atoms with Gasteiger partial charge in [0.15, 0.2) is 9.84 Å². The van der Waals surface area contributed by atoms with Crippen LogP contribution in [0.15, 0.2) is 35.2 Å². The summed E-state index contributed by atoms with van der Waals surface area (Å²) < 4.78 is 24.7. The minimum atomic E-state index is -3.33. The Morgan fingerprint density at radius 3 is 2.48 bits per heavy atom. The largest absolute Gasteiger partial charge is 0.481 e. The molecule has 7 nitrogen and oxygen atoms in total. The number of carbonyl (C=O) groups is 2. The molecule has 8 heteroatoms. The van der Waals surface area contributed by atoms with Gasteiger partial charge in [-0.1, -0.05) is 18.2 Å². The van der Waals surface area contributed by atoms with Crippen molar-refractivity contribution in [3.8, 4) is 0 Å². The van der Waals surface area contributed by atoms with Gasteiger partial charge in [-0.2, -0.15) is 0 Å². The lowest BCUT2D eigenvalue weighted by molar-refractivity contribution is -0.144. The molecule has 2 aliphatic heterocycles. The summed E-state index contributed by atoms with van der Waals surface area (Å²) in [5.74, 6) is -1.83. The van der Waals surface area contributed by atoms with Crippen molar-refractivity contribution in [3.63, 3.8) is 0 Å². The Kier molecular flexibility index (Phi) is 4.83. The van der Waals surface area contributed by atoms with Gasteiger partial charge in [-0.15, -0.1) is 0 Å². The third-order valence-corrected chi connectivity index (χ3v) is 6.98. The number of nitrogens with zero attached hydrogens (tertiary/aromatic N) is 1. The third kappa shape index (κ3) is 3.69. The topological polar surface area (TPSA) is 104 Å². The summed E-state index contributed by atoms with van der Waals surface area (Å²) in [6, 6.07) is 8.36. The van der Waals surface area contributed by atoms with Crippen LogP contribution in [0.5, 0.6) is 0 Å². The van der Waals surface area contributed by atoms with E-state index in [4.69, 9.17) is 0 Å². The Hall–Kier alpha value is -1.93. The number of sulfone groups is 1. The fourth-order valence-electron chi connectivity index (χ4n) is 3.76. The van der Waals surface area contributed by atoms with Gasteiger partial charge in [-0.05, 0) is 25.0 Å². The first-order valence-electron chi connectivity index (χ1n) is 8.36. The summed E-state index contributed by atoms with van der Waals surface area (Å²) in [4.78, 5) is 25.4. The lowest BCUT2D eigenvalue weighted by Crippen LogP contribution is -2.56. The summed E-state index contributed by atoms with van der Waals surface area (Å²) in [6.45, 7) is 1.56. The van der Waals surface area contributed by atoms with E-state index >= 15 is 0 Å². The summed E-state index contributed by atoms with van der Waals surface area (Å²) in [7, 11) is -3.33. The van der Waals surface area contributed by atoms with Crippen LogP contribution in [0.2, 0.25) is 0 Å². The van der Waals surface area contributed by atoms with Crippen molar-refractivity contribution in [2.45, 2.75) is 29.7 Å². The molecule has 2 heterocycles. The van der Waals surface area contributed by atoms with Crippen LogP contribution in [-0.2, 0) is 19.4 Å². The average molecular weight is 366 g/mol. The summed E-state index contributed by atoms with van der Waals surface area (Å²) in [5.41, 5.74) is -0.683. The molecule has 0 aliphatic carbocycles. The molecule has 0 aromatic heterocycles. The Bertz CT molecular complexity index is 755. The van der Waals surface area contributed by atoms with E-state index in [0.29, 0.717) is 37.4 Å². The molecule has 2 aliphatic rings. The van der Waals surface area contributed by atoms with E-state index in [1.54, 1.807) is 30.3 Å². The number of aliphatic carboxylic acids is 1. The number of piperidine rings is 1.